The number of nitrogens with zero attached hydrogens (tertiary/aromatic N) is 2. The van der Waals surface area contributed by atoms with E-state index in [0.717, 1.165) is 16.7 Å². The smallest absolute Gasteiger partial charge is 0.388 e. The van der Waals surface area contributed by atoms with Crippen LogP contribution in [0.25, 0.3) is 0 Å². The van der Waals surface area contributed by atoms with Crippen LogP contribution in [0.15, 0.2) is 66.7 Å². The molecular formula is C29H31F2N3O4. The number of pyridine rings is 1. The van der Waals surface area contributed by atoms with Crippen LogP contribution in [0.5, 0.6) is 5.88 Å². The third kappa shape index (κ3) is 6.16. The van der Waals surface area contributed by atoms with Crippen LogP contribution in [-0.2, 0) is 26.3 Å². The van der Waals surface area contributed by atoms with Crippen molar-refractivity contribution in [3.8, 4) is 5.88 Å². The number of carbonyl (C=O) groups is 2. The predicted octanol–water partition coefficient (Wildman–Crippen LogP) is 5.05. The Labute approximate surface area is 220 Å². The number of aromatic nitrogens is 1. The Morgan fingerprint density at radius 2 is 1.71 bits per heavy atom. The third-order valence-electron chi connectivity index (χ3n) is 6.56. The molecule has 38 heavy (non-hydrogen) atoms. The van der Waals surface area contributed by atoms with Crippen molar-refractivity contribution in [2.45, 2.75) is 45.3 Å². The summed E-state index contributed by atoms with van der Waals surface area (Å²) >= 11 is 0. The van der Waals surface area contributed by atoms with Crippen LogP contribution >= 0.6 is 0 Å². The zero-order chi connectivity index (χ0) is 27.3. The number of amides is 1. The molecule has 0 unspecified atom stereocenters. The minimum atomic E-state index is -3.09. The van der Waals surface area contributed by atoms with E-state index in [1.807, 2.05) is 73.3 Å². The summed E-state index contributed by atoms with van der Waals surface area (Å²) < 4.78 is 36.0. The molecule has 0 atom stereocenters. The van der Waals surface area contributed by atoms with Gasteiger partial charge in [-0.2, -0.15) is 8.78 Å². The monoisotopic (exact) mass is 523 g/mol. The van der Waals surface area contributed by atoms with Crippen molar-refractivity contribution < 1.29 is 27.8 Å². The Bertz CT molecular complexity index is 1280. The highest BCUT2D eigenvalue weighted by Gasteiger charge is 2.52. The Morgan fingerprint density at radius 3 is 2.39 bits per heavy atom. The maximum Gasteiger partial charge on any atom is 0.388 e. The van der Waals surface area contributed by atoms with Gasteiger partial charge in [-0.15, -0.1) is 0 Å². The SMILES string of the molecule is Cc1ccc(NC(=O)C2(c3ccccc3C(C)C)CN(CC(=O)OCc3ccccc3)C2)c(OC(F)F)n1. The Balaban J connectivity index is 1.54. The molecule has 0 saturated carbocycles. The molecule has 9 heteroatoms. The molecule has 1 saturated heterocycles. The summed E-state index contributed by atoms with van der Waals surface area (Å²) in [6, 6.07) is 20.2. The van der Waals surface area contributed by atoms with Crippen LogP contribution in [0.4, 0.5) is 14.5 Å². The Morgan fingerprint density at radius 1 is 1.03 bits per heavy atom. The Kier molecular flexibility index (Phi) is 8.36. The highest BCUT2D eigenvalue weighted by molar-refractivity contribution is 6.01. The lowest BCUT2D eigenvalue weighted by Gasteiger charge is -2.49. The number of benzene rings is 2. The molecular weight excluding hydrogens is 492 g/mol. The molecule has 2 heterocycles. The molecule has 2 aromatic carbocycles. The molecule has 1 fully saturated rings. The lowest BCUT2D eigenvalue weighted by Crippen LogP contribution is -2.66. The van der Waals surface area contributed by atoms with Gasteiger partial charge in [0.25, 0.3) is 0 Å². The van der Waals surface area contributed by atoms with Gasteiger partial charge in [0.05, 0.1) is 12.0 Å². The van der Waals surface area contributed by atoms with Crippen LogP contribution < -0.4 is 10.1 Å². The molecule has 0 spiro atoms. The van der Waals surface area contributed by atoms with Gasteiger partial charge in [-0.1, -0.05) is 68.4 Å². The van der Waals surface area contributed by atoms with Crippen molar-refractivity contribution in [1.82, 2.24) is 9.88 Å². The summed E-state index contributed by atoms with van der Waals surface area (Å²) in [5.41, 5.74) is 2.24. The van der Waals surface area contributed by atoms with Gasteiger partial charge in [-0.3, -0.25) is 14.5 Å². The predicted molar refractivity (Wildman–Crippen MR) is 139 cm³/mol. The second-order valence-electron chi connectivity index (χ2n) is 9.75. The summed E-state index contributed by atoms with van der Waals surface area (Å²) in [7, 11) is 0. The fraction of sp³-hybridized carbons (Fsp3) is 0.345. The van der Waals surface area contributed by atoms with Gasteiger partial charge in [-0.05, 0) is 41.7 Å². The van der Waals surface area contributed by atoms with E-state index >= 15 is 0 Å². The molecule has 7 nitrogen and oxygen atoms in total. The van der Waals surface area contributed by atoms with Crippen LogP contribution in [0, 0.1) is 6.92 Å². The average molecular weight is 524 g/mol. The van der Waals surface area contributed by atoms with E-state index in [4.69, 9.17) is 4.74 Å². The number of ether oxygens (including phenoxy) is 2. The molecule has 3 aromatic rings. The first-order valence-corrected chi connectivity index (χ1v) is 12.4. The summed E-state index contributed by atoms with van der Waals surface area (Å²) in [6.45, 7) is 3.35. The lowest BCUT2D eigenvalue weighted by atomic mass is 9.69. The number of nitrogens with one attached hydrogen (secondary N) is 1. The largest absolute Gasteiger partial charge is 0.460 e. The molecule has 1 aliphatic rings. The minimum absolute atomic E-state index is 0.0253. The maximum absolute atomic E-state index is 13.8. The quantitative estimate of drug-likeness (QED) is 0.375. The number of hydrogen-bond acceptors (Lipinski definition) is 6. The van der Waals surface area contributed by atoms with Crippen LogP contribution in [-0.4, -0.2) is 48.0 Å². The highest BCUT2D eigenvalue weighted by Crippen LogP contribution is 2.40. The maximum atomic E-state index is 13.8. The number of hydrogen-bond donors (Lipinski definition) is 1. The second kappa shape index (κ2) is 11.7. The topological polar surface area (TPSA) is 80.8 Å². The van der Waals surface area contributed by atoms with Crippen molar-refractivity contribution >= 4 is 17.6 Å². The van der Waals surface area contributed by atoms with Gasteiger partial charge >= 0.3 is 12.6 Å². The van der Waals surface area contributed by atoms with E-state index in [9.17, 15) is 18.4 Å². The first-order valence-electron chi connectivity index (χ1n) is 12.4. The van der Waals surface area contributed by atoms with Crippen molar-refractivity contribution in [3.63, 3.8) is 0 Å². The number of aryl methyl sites for hydroxylation is 1. The summed E-state index contributed by atoms with van der Waals surface area (Å²) in [4.78, 5) is 32.2. The van der Waals surface area contributed by atoms with E-state index < -0.39 is 18.0 Å². The normalized spacial score (nSPS) is 14.7. The fourth-order valence-corrected chi connectivity index (χ4v) is 4.71. The van der Waals surface area contributed by atoms with Crippen LogP contribution in [0.3, 0.4) is 0 Å². The third-order valence-corrected chi connectivity index (χ3v) is 6.56. The van der Waals surface area contributed by atoms with Gasteiger partial charge in [0, 0.05) is 18.8 Å². The van der Waals surface area contributed by atoms with Gasteiger partial charge in [-0.25, -0.2) is 4.98 Å². The van der Waals surface area contributed by atoms with E-state index in [-0.39, 0.29) is 49.6 Å². The van der Waals surface area contributed by atoms with Crippen LogP contribution in [0.1, 0.15) is 42.1 Å². The first kappa shape index (κ1) is 27.2. The fourth-order valence-electron chi connectivity index (χ4n) is 4.71. The Hall–Kier alpha value is -3.85. The summed E-state index contributed by atoms with van der Waals surface area (Å²) in [5.74, 6) is -0.986. The number of alkyl halides is 2. The van der Waals surface area contributed by atoms with E-state index in [2.05, 4.69) is 15.0 Å². The molecule has 1 aliphatic heterocycles. The van der Waals surface area contributed by atoms with Gasteiger partial charge < -0.3 is 14.8 Å². The number of esters is 1. The number of rotatable bonds is 10. The molecule has 4 rings (SSSR count). The van der Waals surface area contributed by atoms with Crippen molar-refractivity contribution in [2.24, 2.45) is 0 Å². The lowest BCUT2D eigenvalue weighted by molar-refractivity contribution is -0.150. The summed E-state index contributed by atoms with van der Waals surface area (Å²) in [5, 5.41) is 2.77. The number of carbonyl (C=O) groups excluding carboxylic acids is 2. The molecule has 1 amide bonds. The standard InChI is InChI=1S/C29H31F2N3O4/c1-19(2)22-11-7-8-12-23(22)29(27(36)33-24-14-13-20(3)32-26(24)38-28(30)31)17-34(18-29)15-25(35)37-16-21-9-5-4-6-10-21/h4-14,19,28H,15-18H2,1-3H3,(H,33,36). The van der Waals surface area contributed by atoms with Crippen LogP contribution in [0.2, 0.25) is 0 Å². The van der Waals surface area contributed by atoms with Crippen molar-refractivity contribution in [1.29, 1.82) is 0 Å². The second-order valence-corrected chi connectivity index (χ2v) is 9.75. The minimum Gasteiger partial charge on any atom is -0.460 e. The highest BCUT2D eigenvalue weighted by atomic mass is 19.3. The average Bonchev–Trinajstić information content (AvgIpc) is 2.86. The van der Waals surface area contributed by atoms with Gasteiger partial charge in [0.15, 0.2) is 0 Å². The van der Waals surface area contributed by atoms with Crippen molar-refractivity contribution in [2.75, 3.05) is 25.0 Å². The van der Waals surface area contributed by atoms with E-state index in [0.29, 0.717) is 5.69 Å². The van der Waals surface area contributed by atoms with E-state index in [1.165, 1.54) is 6.07 Å². The molecule has 200 valence electrons. The first-order chi connectivity index (χ1) is 18.2. The molecule has 0 aliphatic carbocycles. The molecule has 0 bridgehead atoms. The zero-order valence-corrected chi connectivity index (χ0v) is 21.6. The van der Waals surface area contributed by atoms with Gasteiger partial charge in [0.2, 0.25) is 11.8 Å². The number of anilines is 1. The van der Waals surface area contributed by atoms with E-state index in [1.54, 1.807) is 13.0 Å². The summed E-state index contributed by atoms with van der Waals surface area (Å²) in [6.07, 6.45) is 0. The number of halogens is 2. The van der Waals surface area contributed by atoms with Gasteiger partial charge in [0.1, 0.15) is 12.3 Å². The number of likely N-dealkylation sites (tertiary alicyclic amines) is 1. The molecule has 1 aromatic heterocycles. The zero-order valence-electron chi connectivity index (χ0n) is 21.6. The molecule has 0 radical (unpaired) electrons. The van der Waals surface area contributed by atoms with Crippen molar-refractivity contribution in [3.05, 3.63) is 89.1 Å². The molecule has 1 N–H and O–H groups in total.